The quantitative estimate of drug-likeness (QED) is 0.871. The fourth-order valence-corrected chi connectivity index (χ4v) is 2.49. The van der Waals surface area contributed by atoms with E-state index in [0.29, 0.717) is 12.3 Å². The molecule has 1 aromatic carbocycles. The van der Waals surface area contributed by atoms with Crippen molar-refractivity contribution in [3.8, 4) is 0 Å². The maximum atomic E-state index is 12.0. The molecule has 0 saturated carbocycles. The van der Waals surface area contributed by atoms with Crippen molar-refractivity contribution in [2.24, 2.45) is 11.7 Å². The lowest BCUT2D eigenvalue weighted by atomic mass is 10.0. The normalized spacial score (nSPS) is 16.5. The lowest BCUT2D eigenvalue weighted by molar-refractivity contribution is -0.117. The maximum Gasteiger partial charge on any atom is 0.241 e. The van der Waals surface area contributed by atoms with E-state index in [0.717, 1.165) is 18.8 Å². The zero-order valence-electron chi connectivity index (χ0n) is 11.9. The smallest absolute Gasteiger partial charge is 0.241 e. The van der Waals surface area contributed by atoms with Gasteiger partial charge in [-0.3, -0.25) is 9.69 Å². The monoisotopic (exact) mass is 261 g/mol. The third kappa shape index (κ3) is 3.55. The lowest BCUT2D eigenvalue weighted by Crippen LogP contribution is -2.36. The van der Waals surface area contributed by atoms with Gasteiger partial charge in [-0.1, -0.05) is 19.9 Å². The van der Waals surface area contributed by atoms with Gasteiger partial charge in [0.15, 0.2) is 0 Å². The molecule has 0 radical (unpaired) electrons. The van der Waals surface area contributed by atoms with E-state index in [1.165, 1.54) is 11.1 Å². The molecule has 1 atom stereocenters. The summed E-state index contributed by atoms with van der Waals surface area (Å²) in [4.78, 5) is 14.2. The summed E-state index contributed by atoms with van der Waals surface area (Å²) in [6.07, 6.45) is 0.708. The highest BCUT2D eigenvalue weighted by molar-refractivity contribution is 5.94. The largest absolute Gasteiger partial charge is 0.325 e. The molecule has 1 aliphatic heterocycles. The summed E-state index contributed by atoms with van der Waals surface area (Å²) in [5.74, 6) is 0.328. The zero-order chi connectivity index (χ0) is 14.0. The number of rotatable bonds is 4. The third-order valence-electron chi connectivity index (χ3n) is 3.42. The molecule has 0 saturated heterocycles. The molecule has 1 aromatic rings. The number of benzene rings is 1. The van der Waals surface area contributed by atoms with Crippen LogP contribution in [-0.2, 0) is 17.9 Å². The number of hydrogen-bond acceptors (Lipinski definition) is 3. The van der Waals surface area contributed by atoms with Crippen molar-refractivity contribution in [3.63, 3.8) is 0 Å². The molecule has 0 fully saturated rings. The van der Waals surface area contributed by atoms with Crippen molar-refractivity contribution in [2.75, 3.05) is 12.4 Å². The van der Waals surface area contributed by atoms with Crippen molar-refractivity contribution in [1.82, 2.24) is 4.90 Å². The Hall–Kier alpha value is -1.39. The Balaban J connectivity index is 2.00. The van der Waals surface area contributed by atoms with Crippen LogP contribution in [0.25, 0.3) is 0 Å². The van der Waals surface area contributed by atoms with Crippen molar-refractivity contribution in [1.29, 1.82) is 0 Å². The first-order valence-electron chi connectivity index (χ1n) is 6.82. The molecular formula is C15H23N3O. The summed E-state index contributed by atoms with van der Waals surface area (Å²) < 4.78 is 0. The Labute approximate surface area is 115 Å². The number of anilines is 1. The van der Waals surface area contributed by atoms with Crippen LogP contribution in [0.2, 0.25) is 0 Å². The van der Waals surface area contributed by atoms with Gasteiger partial charge in [-0.2, -0.15) is 0 Å². The predicted octanol–water partition coefficient (Wildman–Crippen LogP) is 1.94. The van der Waals surface area contributed by atoms with Gasteiger partial charge in [-0.25, -0.2) is 0 Å². The summed E-state index contributed by atoms with van der Waals surface area (Å²) in [7, 11) is 2.09. The molecule has 1 aliphatic rings. The second kappa shape index (κ2) is 5.72. The molecule has 4 nitrogen and oxygen atoms in total. The van der Waals surface area contributed by atoms with Crippen LogP contribution in [0.1, 0.15) is 31.4 Å². The highest BCUT2D eigenvalue weighted by Crippen LogP contribution is 2.24. The molecule has 0 bridgehead atoms. The summed E-state index contributed by atoms with van der Waals surface area (Å²) in [5.41, 5.74) is 9.36. The van der Waals surface area contributed by atoms with Crippen molar-refractivity contribution in [3.05, 3.63) is 29.3 Å². The number of nitrogens with zero attached hydrogens (tertiary/aromatic N) is 1. The Morgan fingerprint density at radius 1 is 1.37 bits per heavy atom. The van der Waals surface area contributed by atoms with Gasteiger partial charge in [-0.05, 0) is 42.6 Å². The molecule has 2 rings (SSSR count). The predicted molar refractivity (Wildman–Crippen MR) is 77.7 cm³/mol. The second-order valence-corrected chi connectivity index (χ2v) is 5.88. The number of amides is 1. The zero-order valence-corrected chi connectivity index (χ0v) is 11.9. The minimum Gasteiger partial charge on any atom is -0.325 e. The first-order valence-corrected chi connectivity index (χ1v) is 6.82. The summed E-state index contributed by atoms with van der Waals surface area (Å²) in [6, 6.07) is 5.66. The van der Waals surface area contributed by atoms with Crippen LogP contribution >= 0.6 is 0 Å². The fourth-order valence-electron chi connectivity index (χ4n) is 2.49. The maximum absolute atomic E-state index is 12.0. The lowest BCUT2D eigenvalue weighted by Gasteiger charge is -2.14. The highest BCUT2D eigenvalue weighted by atomic mass is 16.2. The number of nitrogens with two attached hydrogens (primary N) is 1. The number of carbonyl (C=O) groups is 1. The van der Waals surface area contributed by atoms with E-state index in [-0.39, 0.29) is 5.91 Å². The fraction of sp³-hybridized carbons (Fsp3) is 0.533. The minimum absolute atomic E-state index is 0.0972. The van der Waals surface area contributed by atoms with Gasteiger partial charge in [0.05, 0.1) is 6.04 Å². The summed E-state index contributed by atoms with van der Waals surface area (Å²) in [6.45, 7) is 6.06. The number of hydrogen-bond donors (Lipinski definition) is 2. The summed E-state index contributed by atoms with van der Waals surface area (Å²) in [5, 5.41) is 2.91. The van der Waals surface area contributed by atoms with Gasteiger partial charge < -0.3 is 11.1 Å². The SMILES string of the molecule is CC(C)C[C@H](N)C(=O)Nc1ccc2c(c1)CN(C)C2. The van der Waals surface area contributed by atoms with Gasteiger partial charge in [0.1, 0.15) is 0 Å². The van der Waals surface area contributed by atoms with Crippen LogP contribution in [0.15, 0.2) is 18.2 Å². The highest BCUT2D eigenvalue weighted by Gasteiger charge is 2.18. The average Bonchev–Trinajstić information content (AvgIpc) is 2.67. The minimum atomic E-state index is -0.434. The van der Waals surface area contributed by atoms with Crippen LogP contribution in [0.3, 0.4) is 0 Å². The molecular weight excluding hydrogens is 238 g/mol. The van der Waals surface area contributed by atoms with E-state index in [1.54, 1.807) is 0 Å². The van der Waals surface area contributed by atoms with Crippen LogP contribution in [-0.4, -0.2) is 23.9 Å². The molecule has 19 heavy (non-hydrogen) atoms. The van der Waals surface area contributed by atoms with E-state index in [1.807, 2.05) is 6.07 Å². The van der Waals surface area contributed by atoms with E-state index in [9.17, 15) is 4.79 Å². The van der Waals surface area contributed by atoms with Gasteiger partial charge in [0.25, 0.3) is 0 Å². The number of carbonyl (C=O) groups excluding carboxylic acids is 1. The number of fused-ring (bicyclic) bond motifs is 1. The van der Waals surface area contributed by atoms with E-state index < -0.39 is 6.04 Å². The number of nitrogens with one attached hydrogen (secondary N) is 1. The van der Waals surface area contributed by atoms with Crippen molar-refractivity contribution in [2.45, 2.75) is 39.4 Å². The van der Waals surface area contributed by atoms with Gasteiger partial charge in [0, 0.05) is 18.8 Å². The van der Waals surface area contributed by atoms with E-state index in [2.05, 4.69) is 43.2 Å². The molecule has 0 spiro atoms. The second-order valence-electron chi connectivity index (χ2n) is 5.88. The van der Waals surface area contributed by atoms with Crippen LogP contribution < -0.4 is 11.1 Å². The van der Waals surface area contributed by atoms with Gasteiger partial charge in [-0.15, -0.1) is 0 Å². The first-order chi connectivity index (χ1) is 8.95. The molecule has 104 valence electrons. The average molecular weight is 261 g/mol. The Morgan fingerprint density at radius 3 is 2.74 bits per heavy atom. The van der Waals surface area contributed by atoms with Gasteiger partial charge in [0.2, 0.25) is 5.91 Å². The Kier molecular flexibility index (Phi) is 4.22. The Morgan fingerprint density at radius 2 is 2.05 bits per heavy atom. The molecule has 4 heteroatoms. The molecule has 1 amide bonds. The van der Waals surface area contributed by atoms with E-state index >= 15 is 0 Å². The topological polar surface area (TPSA) is 58.4 Å². The Bertz CT molecular complexity index is 470. The standard InChI is InChI=1S/C15H23N3O/c1-10(2)6-14(16)15(19)17-13-5-4-11-8-18(3)9-12(11)7-13/h4-5,7,10,14H,6,8-9,16H2,1-3H3,(H,17,19)/t14-/m0/s1. The van der Waals surface area contributed by atoms with Crippen LogP contribution in [0.4, 0.5) is 5.69 Å². The third-order valence-corrected chi connectivity index (χ3v) is 3.42. The summed E-state index contributed by atoms with van der Waals surface area (Å²) >= 11 is 0. The van der Waals surface area contributed by atoms with Crippen molar-refractivity contribution < 1.29 is 4.79 Å². The van der Waals surface area contributed by atoms with Gasteiger partial charge >= 0.3 is 0 Å². The molecule has 3 N–H and O–H groups in total. The molecule has 0 aliphatic carbocycles. The first kappa shape index (κ1) is 14.0. The van der Waals surface area contributed by atoms with E-state index in [4.69, 9.17) is 5.73 Å². The molecule has 0 unspecified atom stereocenters. The van der Waals surface area contributed by atoms with Crippen LogP contribution in [0, 0.1) is 5.92 Å². The molecule has 0 aromatic heterocycles. The molecule has 1 heterocycles. The van der Waals surface area contributed by atoms with Crippen molar-refractivity contribution >= 4 is 11.6 Å². The van der Waals surface area contributed by atoms with Crippen LogP contribution in [0.5, 0.6) is 0 Å².